The molecule has 1 aromatic heterocycles. The summed E-state index contributed by atoms with van der Waals surface area (Å²) in [5.41, 5.74) is 4.64. The fourth-order valence-corrected chi connectivity index (χ4v) is 4.14. The smallest absolute Gasteiger partial charge is 0.412 e. The monoisotopic (exact) mass is 462 g/mol. The number of nitrogens with zero attached hydrogens (tertiary/aromatic N) is 2. The molecule has 0 aliphatic heterocycles. The molecule has 2 amide bonds. The lowest BCUT2D eigenvalue weighted by Crippen LogP contribution is -2.33. The highest BCUT2D eigenvalue weighted by Gasteiger charge is 2.29. The van der Waals surface area contributed by atoms with Gasteiger partial charge in [0.05, 0.1) is 0 Å². The van der Waals surface area contributed by atoms with Crippen LogP contribution < -0.4 is 10.6 Å². The summed E-state index contributed by atoms with van der Waals surface area (Å²) in [6.45, 7) is 1.89. The SMILES string of the molecule is CC(CCC(=O)O)NC(=O)c1cc(NC(=O)OCC2c3ccccc3-c3ccccc32)n(C)n1. The van der Waals surface area contributed by atoms with Crippen LogP contribution in [0.1, 0.15) is 47.3 Å². The van der Waals surface area contributed by atoms with Crippen LogP contribution in [0.4, 0.5) is 10.6 Å². The largest absolute Gasteiger partial charge is 0.481 e. The molecule has 0 saturated carbocycles. The van der Waals surface area contributed by atoms with Gasteiger partial charge in [0.1, 0.15) is 12.4 Å². The van der Waals surface area contributed by atoms with Crippen molar-refractivity contribution < 1.29 is 24.2 Å². The van der Waals surface area contributed by atoms with Crippen LogP contribution >= 0.6 is 0 Å². The second-order valence-electron chi connectivity index (χ2n) is 8.30. The van der Waals surface area contributed by atoms with Crippen molar-refractivity contribution in [3.05, 3.63) is 71.4 Å². The molecule has 3 aromatic rings. The Morgan fingerprint density at radius 1 is 1.09 bits per heavy atom. The molecule has 0 fully saturated rings. The number of aryl methyl sites for hydroxylation is 1. The number of carboxylic acid groups (broad SMARTS) is 1. The number of rotatable bonds is 8. The standard InChI is InChI=1S/C25H26N4O5/c1-15(11-12-23(30)31)26-24(32)21-13-22(29(2)28-21)27-25(33)34-14-20-18-9-5-3-7-16(18)17-8-4-6-10-19(17)20/h3-10,13,15,20H,11-12,14H2,1-2H3,(H,26,32)(H,27,33)(H,30,31). The summed E-state index contributed by atoms with van der Waals surface area (Å²) in [7, 11) is 1.60. The fraction of sp³-hybridized carbons (Fsp3) is 0.280. The van der Waals surface area contributed by atoms with E-state index >= 15 is 0 Å². The van der Waals surface area contributed by atoms with Gasteiger partial charge in [0.15, 0.2) is 5.69 Å². The molecule has 0 spiro atoms. The Morgan fingerprint density at radius 2 is 1.71 bits per heavy atom. The average Bonchev–Trinajstić information content (AvgIpc) is 3.34. The predicted molar refractivity (Wildman–Crippen MR) is 126 cm³/mol. The molecule has 1 aliphatic rings. The molecule has 3 N–H and O–H groups in total. The molecule has 1 unspecified atom stereocenters. The zero-order valence-corrected chi connectivity index (χ0v) is 18.9. The number of hydrogen-bond donors (Lipinski definition) is 3. The number of aliphatic carboxylic acids is 1. The zero-order chi connectivity index (χ0) is 24.2. The Labute approximate surface area is 196 Å². The van der Waals surface area contributed by atoms with Crippen molar-refractivity contribution >= 4 is 23.8 Å². The number of hydrogen-bond acceptors (Lipinski definition) is 5. The van der Waals surface area contributed by atoms with Gasteiger partial charge in [-0.15, -0.1) is 0 Å². The summed E-state index contributed by atoms with van der Waals surface area (Å²) >= 11 is 0. The molecular formula is C25H26N4O5. The number of anilines is 1. The zero-order valence-electron chi connectivity index (χ0n) is 18.9. The number of ether oxygens (including phenoxy) is 1. The maximum atomic E-state index is 12.5. The fourth-order valence-electron chi connectivity index (χ4n) is 4.14. The molecule has 1 heterocycles. The molecule has 34 heavy (non-hydrogen) atoms. The number of carbonyl (C=O) groups is 3. The van der Waals surface area contributed by atoms with Crippen molar-refractivity contribution in [2.75, 3.05) is 11.9 Å². The first-order valence-electron chi connectivity index (χ1n) is 11.0. The first-order chi connectivity index (χ1) is 16.3. The van der Waals surface area contributed by atoms with E-state index in [1.54, 1.807) is 14.0 Å². The minimum atomic E-state index is -0.923. The van der Waals surface area contributed by atoms with Crippen molar-refractivity contribution in [2.45, 2.75) is 31.7 Å². The van der Waals surface area contributed by atoms with E-state index in [-0.39, 0.29) is 30.7 Å². The molecule has 0 bridgehead atoms. The van der Waals surface area contributed by atoms with Crippen LogP contribution in [0.3, 0.4) is 0 Å². The van der Waals surface area contributed by atoms with E-state index in [4.69, 9.17) is 9.84 Å². The third-order valence-corrected chi connectivity index (χ3v) is 5.85. The number of carbonyl (C=O) groups excluding carboxylic acids is 2. The number of amides is 2. The van der Waals surface area contributed by atoms with E-state index in [2.05, 4.69) is 27.9 Å². The maximum absolute atomic E-state index is 12.5. The van der Waals surface area contributed by atoms with Crippen molar-refractivity contribution in [1.29, 1.82) is 0 Å². The van der Waals surface area contributed by atoms with Gasteiger partial charge in [0, 0.05) is 31.5 Å². The van der Waals surface area contributed by atoms with Crippen LogP contribution in [0.5, 0.6) is 0 Å². The molecule has 1 atom stereocenters. The van der Waals surface area contributed by atoms with Crippen LogP contribution in [0, 0.1) is 0 Å². The van der Waals surface area contributed by atoms with Crippen LogP contribution in [0.25, 0.3) is 11.1 Å². The van der Waals surface area contributed by atoms with Gasteiger partial charge in [-0.05, 0) is 35.6 Å². The Bertz CT molecular complexity index is 1190. The van der Waals surface area contributed by atoms with E-state index in [9.17, 15) is 14.4 Å². The van der Waals surface area contributed by atoms with Crippen LogP contribution in [0.15, 0.2) is 54.6 Å². The quantitative estimate of drug-likeness (QED) is 0.468. The molecule has 176 valence electrons. The molecule has 9 nitrogen and oxygen atoms in total. The van der Waals surface area contributed by atoms with Gasteiger partial charge in [-0.1, -0.05) is 48.5 Å². The number of nitrogens with one attached hydrogen (secondary N) is 2. The van der Waals surface area contributed by atoms with E-state index < -0.39 is 18.0 Å². The third-order valence-electron chi connectivity index (χ3n) is 5.85. The number of carboxylic acids is 1. The van der Waals surface area contributed by atoms with E-state index in [0.29, 0.717) is 12.2 Å². The van der Waals surface area contributed by atoms with Gasteiger partial charge in [0.2, 0.25) is 0 Å². The van der Waals surface area contributed by atoms with Crippen molar-refractivity contribution in [2.24, 2.45) is 7.05 Å². The van der Waals surface area contributed by atoms with Crippen molar-refractivity contribution in [1.82, 2.24) is 15.1 Å². The van der Waals surface area contributed by atoms with Gasteiger partial charge in [-0.3, -0.25) is 19.6 Å². The van der Waals surface area contributed by atoms with E-state index in [1.807, 2.05) is 36.4 Å². The summed E-state index contributed by atoms with van der Waals surface area (Å²) in [6, 6.07) is 17.3. The van der Waals surface area contributed by atoms with Gasteiger partial charge in [0.25, 0.3) is 5.91 Å². The molecule has 4 rings (SSSR count). The average molecular weight is 463 g/mol. The first kappa shape index (κ1) is 23.0. The summed E-state index contributed by atoms with van der Waals surface area (Å²) in [4.78, 5) is 35.6. The minimum Gasteiger partial charge on any atom is -0.481 e. The van der Waals surface area contributed by atoms with Gasteiger partial charge < -0.3 is 15.2 Å². The van der Waals surface area contributed by atoms with Crippen LogP contribution in [0.2, 0.25) is 0 Å². The van der Waals surface area contributed by atoms with Gasteiger partial charge >= 0.3 is 12.1 Å². The lowest BCUT2D eigenvalue weighted by Gasteiger charge is -2.14. The summed E-state index contributed by atoms with van der Waals surface area (Å²) in [6.07, 6.45) is -0.386. The predicted octanol–water partition coefficient (Wildman–Crippen LogP) is 3.76. The molecule has 2 aromatic carbocycles. The Hall–Kier alpha value is -4.14. The molecule has 9 heteroatoms. The Balaban J connectivity index is 1.37. The second-order valence-corrected chi connectivity index (χ2v) is 8.30. The second kappa shape index (κ2) is 9.78. The first-order valence-corrected chi connectivity index (χ1v) is 11.0. The van der Waals surface area contributed by atoms with E-state index in [0.717, 1.165) is 22.3 Å². The summed E-state index contributed by atoms with van der Waals surface area (Å²) in [5, 5.41) is 18.2. The lowest BCUT2D eigenvalue weighted by atomic mass is 9.98. The highest BCUT2D eigenvalue weighted by Crippen LogP contribution is 2.44. The Kier molecular flexibility index (Phi) is 6.62. The third kappa shape index (κ3) is 4.93. The maximum Gasteiger partial charge on any atom is 0.412 e. The molecule has 1 aliphatic carbocycles. The van der Waals surface area contributed by atoms with Gasteiger partial charge in [-0.25, -0.2) is 4.79 Å². The van der Waals surface area contributed by atoms with Crippen molar-refractivity contribution in [3.63, 3.8) is 0 Å². The molecule has 0 radical (unpaired) electrons. The summed E-state index contributed by atoms with van der Waals surface area (Å²) < 4.78 is 6.91. The van der Waals surface area contributed by atoms with E-state index in [1.165, 1.54) is 10.7 Å². The van der Waals surface area contributed by atoms with Gasteiger partial charge in [-0.2, -0.15) is 5.10 Å². The molecule has 0 saturated heterocycles. The molecular weight excluding hydrogens is 436 g/mol. The minimum absolute atomic E-state index is 0.0434. The summed E-state index contributed by atoms with van der Waals surface area (Å²) in [5.74, 6) is -1.12. The van der Waals surface area contributed by atoms with Crippen LogP contribution in [-0.4, -0.2) is 45.5 Å². The highest BCUT2D eigenvalue weighted by atomic mass is 16.5. The van der Waals surface area contributed by atoms with Crippen LogP contribution in [-0.2, 0) is 16.6 Å². The number of fused-ring (bicyclic) bond motifs is 3. The normalized spacial score (nSPS) is 13.0. The lowest BCUT2D eigenvalue weighted by molar-refractivity contribution is -0.137. The highest BCUT2D eigenvalue weighted by molar-refractivity contribution is 5.94. The topological polar surface area (TPSA) is 123 Å². The van der Waals surface area contributed by atoms with Crippen molar-refractivity contribution in [3.8, 4) is 11.1 Å². The Morgan fingerprint density at radius 3 is 2.32 bits per heavy atom. The number of aromatic nitrogens is 2. The number of benzene rings is 2.